The summed E-state index contributed by atoms with van der Waals surface area (Å²) in [4.78, 5) is 11.3. The van der Waals surface area contributed by atoms with Crippen LogP contribution in [0, 0.1) is 18.3 Å². The quantitative estimate of drug-likeness (QED) is 0.697. The summed E-state index contributed by atoms with van der Waals surface area (Å²) in [5, 5.41) is 8.92. The Morgan fingerprint density at radius 1 is 1.60 bits per heavy atom. The number of aryl methyl sites for hydroxylation is 1. The van der Waals surface area contributed by atoms with Gasteiger partial charge in [0, 0.05) is 0 Å². The number of carbonyl (C=O) groups excluding carboxylic acids is 1. The lowest BCUT2D eigenvalue weighted by Gasteiger charge is -2.10. The Bertz CT molecular complexity index is 424. The number of hydrogen-bond donors (Lipinski definition) is 0. The summed E-state index contributed by atoms with van der Waals surface area (Å²) in [6.45, 7) is 5.13. The van der Waals surface area contributed by atoms with Gasteiger partial charge in [-0.05, 0) is 26.8 Å². The molecule has 1 aromatic rings. The third kappa shape index (κ3) is 2.01. The number of carbonyl (C=O) groups is 1. The van der Waals surface area contributed by atoms with Gasteiger partial charge >= 0.3 is 5.97 Å². The standard InChI is InChI=1S/C11H13NO3/c1-7-8(10(13)14-4)5-9(15-7)11(2,3)6-12/h5H,1-4H3. The van der Waals surface area contributed by atoms with E-state index in [0.717, 1.165) is 0 Å². The van der Waals surface area contributed by atoms with E-state index in [0.29, 0.717) is 17.1 Å². The Labute approximate surface area is 88.4 Å². The van der Waals surface area contributed by atoms with Gasteiger partial charge in [0.2, 0.25) is 0 Å². The van der Waals surface area contributed by atoms with E-state index in [1.807, 2.05) is 0 Å². The highest BCUT2D eigenvalue weighted by Crippen LogP contribution is 2.27. The summed E-state index contributed by atoms with van der Waals surface area (Å²) in [6, 6.07) is 3.67. The zero-order chi connectivity index (χ0) is 11.6. The summed E-state index contributed by atoms with van der Waals surface area (Å²) in [5.74, 6) is 0.499. The van der Waals surface area contributed by atoms with E-state index in [1.54, 1.807) is 26.8 Å². The summed E-state index contributed by atoms with van der Waals surface area (Å²) < 4.78 is 9.96. The second-order valence-electron chi connectivity index (χ2n) is 3.81. The van der Waals surface area contributed by atoms with E-state index in [4.69, 9.17) is 9.68 Å². The molecule has 0 atom stereocenters. The van der Waals surface area contributed by atoms with Gasteiger partial charge in [0.1, 0.15) is 22.5 Å². The fourth-order valence-corrected chi connectivity index (χ4v) is 1.16. The molecule has 0 fully saturated rings. The van der Waals surface area contributed by atoms with E-state index in [2.05, 4.69) is 10.8 Å². The highest BCUT2D eigenvalue weighted by Gasteiger charge is 2.27. The molecule has 0 amide bonds. The molecule has 1 aromatic heterocycles. The van der Waals surface area contributed by atoms with Gasteiger partial charge in [-0.3, -0.25) is 0 Å². The van der Waals surface area contributed by atoms with Crippen molar-refractivity contribution < 1.29 is 13.9 Å². The van der Waals surface area contributed by atoms with Crippen molar-refractivity contribution in [2.45, 2.75) is 26.2 Å². The molecule has 4 nitrogen and oxygen atoms in total. The molecule has 15 heavy (non-hydrogen) atoms. The Morgan fingerprint density at radius 3 is 2.67 bits per heavy atom. The number of esters is 1. The monoisotopic (exact) mass is 207 g/mol. The first-order chi connectivity index (χ1) is 6.92. The topological polar surface area (TPSA) is 63.2 Å². The van der Waals surface area contributed by atoms with E-state index in [-0.39, 0.29) is 0 Å². The minimum atomic E-state index is -0.739. The third-order valence-corrected chi connectivity index (χ3v) is 2.22. The number of nitrogens with zero attached hydrogens (tertiary/aromatic N) is 1. The summed E-state index contributed by atoms with van der Waals surface area (Å²) in [5.41, 5.74) is -0.368. The van der Waals surface area contributed by atoms with Crippen LogP contribution >= 0.6 is 0 Å². The molecule has 0 spiro atoms. The molecule has 0 aromatic carbocycles. The van der Waals surface area contributed by atoms with Gasteiger partial charge in [-0.25, -0.2) is 4.79 Å². The summed E-state index contributed by atoms with van der Waals surface area (Å²) in [7, 11) is 1.31. The third-order valence-electron chi connectivity index (χ3n) is 2.22. The minimum absolute atomic E-state index is 0.371. The molecule has 0 radical (unpaired) electrons. The van der Waals surface area contributed by atoms with Crippen molar-refractivity contribution in [2.24, 2.45) is 0 Å². The fourth-order valence-electron chi connectivity index (χ4n) is 1.16. The van der Waals surface area contributed by atoms with Gasteiger partial charge < -0.3 is 9.15 Å². The normalized spacial score (nSPS) is 10.9. The van der Waals surface area contributed by atoms with Crippen molar-refractivity contribution in [3.8, 4) is 6.07 Å². The Kier molecular flexibility index (Phi) is 2.85. The van der Waals surface area contributed by atoms with Crippen molar-refractivity contribution in [3.63, 3.8) is 0 Å². The van der Waals surface area contributed by atoms with Crippen LogP contribution in [0.3, 0.4) is 0 Å². The smallest absolute Gasteiger partial charge is 0.341 e. The van der Waals surface area contributed by atoms with E-state index < -0.39 is 11.4 Å². The zero-order valence-electron chi connectivity index (χ0n) is 9.25. The lowest BCUT2D eigenvalue weighted by Crippen LogP contribution is -2.12. The molecule has 0 unspecified atom stereocenters. The molecule has 0 saturated carbocycles. The second kappa shape index (κ2) is 3.77. The molecule has 0 aliphatic rings. The van der Waals surface area contributed by atoms with E-state index in [1.165, 1.54) is 7.11 Å². The molecule has 4 heteroatoms. The van der Waals surface area contributed by atoms with Gasteiger partial charge in [-0.2, -0.15) is 5.26 Å². The average molecular weight is 207 g/mol. The molecule has 80 valence electrons. The zero-order valence-corrected chi connectivity index (χ0v) is 9.25. The number of ether oxygens (including phenoxy) is 1. The first-order valence-electron chi connectivity index (χ1n) is 4.53. The van der Waals surface area contributed by atoms with Gasteiger partial charge in [0.05, 0.1) is 13.2 Å². The van der Waals surface area contributed by atoms with Crippen LogP contribution < -0.4 is 0 Å². The SMILES string of the molecule is COC(=O)c1cc(C(C)(C)C#N)oc1C. The number of rotatable bonds is 2. The van der Waals surface area contributed by atoms with Crippen LogP contribution in [0.4, 0.5) is 0 Å². The highest BCUT2D eigenvalue weighted by atomic mass is 16.5. The van der Waals surface area contributed by atoms with Crippen LogP contribution in [-0.4, -0.2) is 13.1 Å². The second-order valence-corrected chi connectivity index (χ2v) is 3.81. The van der Waals surface area contributed by atoms with Crippen LogP contribution in [0.15, 0.2) is 10.5 Å². The van der Waals surface area contributed by atoms with Crippen molar-refractivity contribution in [2.75, 3.05) is 7.11 Å². The van der Waals surface area contributed by atoms with Crippen LogP contribution in [0.1, 0.15) is 35.7 Å². The van der Waals surface area contributed by atoms with E-state index in [9.17, 15) is 4.79 Å². The Balaban J connectivity index is 3.18. The summed E-state index contributed by atoms with van der Waals surface area (Å²) >= 11 is 0. The molecule has 0 aliphatic heterocycles. The van der Waals surface area contributed by atoms with Gasteiger partial charge in [0.25, 0.3) is 0 Å². The highest BCUT2D eigenvalue weighted by molar-refractivity contribution is 5.90. The van der Waals surface area contributed by atoms with Crippen LogP contribution in [0.25, 0.3) is 0 Å². The molecular weight excluding hydrogens is 194 g/mol. The first-order valence-corrected chi connectivity index (χ1v) is 4.53. The number of nitriles is 1. The minimum Gasteiger partial charge on any atom is -0.465 e. The molecular formula is C11H13NO3. The number of hydrogen-bond acceptors (Lipinski definition) is 4. The average Bonchev–Trinajstić information content (AvgIpc) is 2.60. The molecule has 1 rings (SSSR count). The number of methoxy groups -OCH3 is 1. The van der Waals surface area contributed by atoms with Crippen LogP contribution in [0.2, 0.25) is 0 Å². The van der Waals surface area contributed by atoms with Crippen molar-refractivity contribution in [1.82, 2.24) is 0 Å². The molecule has 0 aliphatic carbocycles. The largest absolute Gasteiger partial charge is 0.465 e. The lowest BCUT2D eigenvalue weighted by atomic mass is 9.92. The summed E-state index contributed by atoms with van der Waals surface area (Å²) in [6.07, 6.45) is 0. The Hall–Kier alpha value is -1.76. The first kappa shape index (κ1) is 11.3. The maximum absolute atomic E-state index is 11.3. The van der Waals surface area contributed by atoms with Gasteiger partial charge in [-0.15, -0.1) is 0 Å². The van der Waals surface area contributed by atoms with Crippen LogP contribution in [0.5, 0.6) is 0 Å². The fraction of sp³-hybridized carbons (Fsp3) is 0.455. The molecule has 0 N–H and O–H groups in total. The van der Waals surface area contributed by atoms with Crippen LogP contribution in [-0.2, 0) is 10.2 Å². The Morgan fingerprint density at radius 2 is 2.20 bits per heavy atom. The lowest BCUT2D eigenvalue weighted by molar-refractivity contribution is 0.0599. The predicted octanol–water partition coefficient (Wildman–Crippen LogP) is 2.18. The van der Waals surface area contributed by atoms with Crippen molar-refractivity contribution in [3.05, 3.63) is 23.2 Å². The maximum atomic E-state index is 11.3. The van der Waals surface area contributed by atoms with Crippen molar-refractivity contribution >= 4 is 5.97 Å². The number of furan rings is 1. The van der Waals surface area contributed by atoms with Gasteiger partial charge in [0.15, 0.2) is 0 Å². The molecule has 0 bridgehead atoms. The maximum Gasteiger partial charge on any atom is 0.341 e. The van der Waals surface area contributed by atoms with E-state index >= 15 is 0 Å². The van der Waals surface area contributed by atoms with Crippen molar-refractivity contribution in [1.29, 1.82) is 5.26 Å². The molecule has 0 saturated heterocycles. The predicted molar refractivity (Wildman–Crippen MR) is 53.4 cm³/mol. The van der Waals surface area contributed by atoms with Gasteiger partial charge in [-0.1, -0.05) is 0 Å². The molecule has 1 heterocycles.